The van der Waals surface area contributed by atoms with Crippen LogP contribution in [0.5, 0.6) is 0 Å². The first kappa shape index (κ1) is 37.7. The van der Waals surface area contributed by atoms with Crippen molar-refractivity contribution in [1.29, 1.82) is 0 Å². The SMILES string of the molecule is CNCCC(=O)NC1CCCCC1C(=O)N[C@@H](CCCN=C(N)N)CC(=O)N[C@H](C[C-]=O)CCCN=C(N)N.[Y]. The summed E-state index contributed by atoms with van der Waals surface area (Å²) in [6.45, 7) is 1.29. The van der Waals surface area contributed by atoms with Gasteiger partial charge in [0.05, 0.1) is 5.92 Å². The maximum Gasteiger partial charge on any atom is 0.225 e. The maximum atomic E-state index is 13.3. The Hall–Kier alpha value is -2.32. The van der Waals surface area contributed by atoms with Gasteiger partial charge in [-0.3, -0.25) is 30.7 Å². The second kappa shape index (κ2) is 22.4. The standard InChI is InChI=1S/C25H47N10O4.Y/c1-30-14-10-21(37)35-20-9-3-2-8-19(20)23(39)34-18(7-5-13-32-25(28)29)16-22(38)33-17(11-15-36)6-4-12-31-24(26)27;/h17-20,30H,2-14,16H2,1H3,(H,33,38)(H,34,39)(H,35,37)(H4,26,27,31)(H4,28,29,32);/q-1;/t17-,18-,19?,20?;/m0./s1. The van der Waals surface area contributed by atoms with Gasteiger partial charge in [-0.1, -0.05) is 12.8 Å². The fourth-order valence-corrected chi connectivity index (χ4v) is 4.60. The van der Waals surface area contributed by atoms with Crippen LogP contribution < -0.4 is 44.2 Å². The van der Waals surface area contributed by atoms with Gasteiger partial charge in [0, 0.05) is 83.3 Å². The van der Waals surface area contributed by atoms with E-state index in [1.807, 2.05) is 6.29 Å². The number of carbonyl (C=O) groups excluding carboxylic acids is 4. The van der Waals surface area contributed by atoms with E-state index >= 15 is 0 Å². The molecule has 1 aliphatic rings. The molecule has 12 N–H and O–H groups in total. The van der Waals surface area contributed by atoms with Gasteiger partial charge in [0.25, 0.3) is 0 Å². The Morgan fingerprint density at radius 2 is 1.50 bits per heavy atom. The first-order valence-electron chi connectivity index (χ1n) is 13.7. The molecule has 0 spiro atoms. The Bertz CT molecular complexity index is 834. The minimum atomic E-state index is -0.475. The molecule has 40 heavy (non-hydrogen) atoms. The van der Waals surface area contributed by atoms with Crippen molar-refractivity contribution in [3.8, 4) is 0 Å². The minimum Gasteiger partial charge on any atom is -0.542 e. The molecular weight excluding hydrogens is 593 g/mol. The largest absolute Gasteiger partial charge is 0.542 e. The summed E-state index contributed by atoms with van der Waals surface area (Å²) in [5, 5.41) is 11.8. The third kappa shape index (κ3) is 17.4. The Morgan fingerprint density at radius 3 is 2.08 bits per heavy atom. The van der Waals surface area contributed by atoms with Crippen molar-refractivity contribution in [3.05, 3.63) is 0 Å². The van der Waals surface area contributed by atoms with Crippen molar-refractivity contribution in [2.75, 3.05) is 26.7 Å². The quantitative estimate of drug-likeness (QED) is 0.0344. The van der Waals surface area contributed by atoms with Crippen molar-refractivity contribution in [2.45, 2.75) is 88.8 Å². The topological polar surface area (TPSA) is 245 Å². The number of hydrogen-bond acceptors (Lipinski definition) is 7. The molecule has 0 bridgehead atoms. The van der Waals surface area contributed by atoms with Gasteiger partial charge < -0.3 is 49.0 Å². The van der Waals surface area contributed by atoms with E-state index in [0.717, 1.165) is 19.3 Å². The zero-order valence-electron chi connectivity index (χ0n) is 23.6. The molecule has 1 aliphatic carbocycles. The number of rotatable bonds is 19. The molecule has 0 aromatic rings. The van der Waals surface area contributed by atoms with Crippen LogP contribution >= 0.6 is 0 Å². The van der Waals surface area contributed by atoms with E-state index in [9.17, 15) is 19.2 Å². The fraction of sp³-hybridized carbons (Fsp3) is 0.760. The summed E-state index contributed by atoms with van der Waals surface area (Å²) in [5.74, 6) is -1.02. The van der Waals surface area contributed by atoms with Crippen LogP contribution in [0.4, 0.5) is 0 Å². The van der Waals surface area contributed by atoms with Gasteiger partial charge in [0.2, 0.25) is 17.7 Å². The van der Waals surface area contributed by atoms with Crippen molar-refractivity contribution in [1.82, 2.24) is 21.3 Å². The second-order valence-electron chi connectivity index (χ2n) is 9.84. The zero-order chi connectivity index (χ0) is 29.0. The molecule has 0 saturated heterocycles. The number of nitrogens with one attached hydrogen (secondary N) is 4. The third-order valence-corrected chi connectivity index (χ3v) is 6.53. The van der Waals surface area contributed by atoms with Crippen molar-refractivity contribution in [3.63, 3.8) is 0 Å². The summed E-state index contributed by atoms with van der Waals surface area (Å²) in [4.78, 5) is 57.4. The molecule has 225 valence electrons. The Labute approximate surface area is 262 Å². The average Bonchev–Trinajstić information content (AvgIpc) is 2.87. The summed E-state index contributed by atoms with van der Waals surface area (Å²) in [6.07, 6.45) is 7.52. The van der Waals surface area contributed by atoms with Gasteiger partial charge in [-0.05, 0) is 45.6 Å². The van der Waals surface area contributed by atoms with E-state index in [1.54, 1.807) is 7.05 Å². The number of carbonyl (C=O) groups is 3. The number of aliphatic imine (C=N–C) groups is 2. The molecule has 0 heterocycles. The molecule has 0 aliphatic heterocycles. The minimum absolute atomic E-state index is 0. The van der Waals surface area contributed by atoms with Crippen LogP contribution in [0.15, 0.2) is 9.98 Å². The Balaban J connectivity index is 0.0000152. The molecule has 2 unspecified atom stereocenters. The summed E-state index contributed by atoms with van der Waals surface area (Å²) >= 11 is 0. The molecule has 1 rings (SSSR count). The van der Waals surface area contributed by atoms with Crippen LogP contribution in [0.1, 0.15) is 70.6 Å². The summed E-state index contributed by atoms with van der Waals surface area (Å²) < 4.78 is 0. The summed E-state index contributed by atoms with van der Waals surface area (Å²) in [6, 6.07) is -1.15. The van der Waals surface area contributed by atoms with E-state index < -0.39 is 12.1 Å². The van der Waals surface area contributed by atoms with E-state index in [2.05, 4.69) is 31.3 Å². The zero-order valence-corrected chi connectivity index (χ0v) is 26.5. The van der Waals surface area contributed by atoms with Gasteiger partial charge in [-0.15, -0.1) is 6.42 Å². The first-order valence-corrected chi connectivity index (χ1v) is 13.7. The van der Waals surface area contributed by atoms with E-state index in [4.69, 9.17) is 22.9 Å². The molecule has 1 fully saturated rings. The van der Waals surface area contributed by atoms with Crippen LogP contribution in [0, 0.1) is 5.92 Å². The first-order chi connectivity index (χ1) is 18.7. The van der Waals surface area contributed by atoms with Gasteiger partial charge in [0.1, 0.15) is 0 Å². The monoisotopic (exact) mass is 640 g/mol. The normalized spacial score (nSPS) is 17.7. The van der Waals surface area contributed by atoms with E-state index in [0.29, 0.717) is 58.2 Å². The number of nitrogens with zero attached hydrogens (tertiary/aromatic N) is 2. The molecule has 0 aromatic carbocycles. The Morgan fingerprint density at radius 1 is 0.900 bits per heavy atom. The second-order valence-corrected chi connectivity index (χ2v) is 9.84. The van der Waals surface area contributed by atoms with Crippen LogP contribution in [-0.4, -0.2) is 80.7 Å². The van der Waals surface area contributed by atoms with Crippen molar-refractivity contribution in [2.24, 2.45) is 38.8 Å². The van der Waals surface area contributed by atoms with Crippen molar-refractivity contribution < 1.29 is 51.9 Å². The predicted molar refractivity (Wildman–Crippen MR) is 151 cm³/mol. The van der Waals surface area contributed by atoms with E-state index in [1.165, 1.54) is 0 Å². The predicted octanol–water partition coefficient (Wildman–Crippen LogP) is -1.76. The number of guanidine groups is 2. The molecule has 0 aromatic heterocycles. The smallest absolute Gasteiger partial charge is 0.225 e. The van der Waals surface area contributed by atoms with Crippen LogP contribution in [0.25, 0.3) is 0 Å². The molecule has 15 heteroatoms. The van der Waals surface area contributed by atoms with Crippen LogP contribution in [-0.2, 0) is 51.9 Å². The molecule has 4 atom stereocenters. The molecule has 1 saturated carbocycles. The van der Waals surface area contributed by atoms with Gasteiger partial charge in [-0.2, -0.15) is 0 Å². The molecule has 14 nitrogen and oxygen atoms in total. The fourth-order valence-electron chi connectivity index (χ4n) is 4.60. The van der Waals surface area contributed by atoms with Crippen LogP contribution in [0.3, 0.4) is 0 Å². The summed E-state index contributed by atoms with van der Waals surface area (Å²) in [7, 11) is 1.78. The molecule has 1 radical (unpaired) electrons. The van der Waals surface area contributed by atoms with Gasteiger partial charge in [-0.25, -0.2) is 0 Å². The number of nitrogens with two attached hydrogens (primary N) is 4. The number of hydrogen-bond donors (Lipinski definition) is 8. The van der Waals surface area contributed by atoms with Gasteiger partial charge >= 0.3 is 0 Å². The average molecular weight is 641 g/mol. The van der Waals surface area contributed by atoms with E-state index in [-0.39, 0.29) is 87.2 Å². The summed E-state index contributed by atoms with van der Waals surface area (Å²) in [5.41, 5.74) is 21.5. The molecular formula is C25H47N10O4Y-. The molecule has 3 amide bonds. The third-order valence-electron chi connectivity index (χ3n) is 6.53. The van der Waals surface area contributed by atoms with Crippen molar-refractivity contribution >= 4 is 35.9 Å². The maximum absolute atomic E-state index is 13.3. The van der Waals surface area contributed by atoms with Crippen LogP contribution in [0.2, 0.25) is 0 Å². The van der Waals surface area contributed by atoms with Gasteiger partial charge in [0.15, 0.2) is 11.9 Å². The number of amides is 3. The Kier molecular flexibility index (Phi) is 21.1.